The van der Waals surface area contributed by atoms with Crippen molar-refractivity contribution in [2.75, 3.05) is 6.54 Å². The van der Waals surface area contributed by atoms with Gasteiger partial charge in [-0.05, 0) is 32.1 Å². The summed E-state index contributed by atoms with van der Waals surface area (Å²) in [4.78, 5) is 26.4. The molecule has 102 valence electrons. The second kappa shape index (κ2) is 4.90. The average Bonchev–Trinajstić information content (AvgIpc) is 2.71. The largest absolute Gasteiger partial charge is 0.342 e. The van der Waals surface area contributed by atoms with Crippen LogP contribution in [0.3, 0.4) is 0 Å². The van der Waals surface area contributed by atoms with Gasteiger partial charge in [0.1, 0.15) is 5.54 Å². The molecule has 1 aliphatic carbocycles. The fraction of sp³-hybridized carbons (Fsp3) is 0.857. The Morgan fingerprint density at radius 3 is 2.67 bits per heavy atom. The van der Waals surface area contributed by atoms with Crippen LogP contribution in [0.1, 0.15) is 52.9 Å². The van der Waals surface area contributed by atoms with Crippen molar-refractivity contribution in [2.24, 2.45) is 5.92 Å². The summed E-state index contributed by atoms with van der Waals surface area (Å²) in [5.74, 6) is 0.665. The molecule has 0 radical (unpaired) electrons. The number of amides is 2. The summed E-state index contributed by atoms with van der Waals surface area (Å²) in [6.07, 6.45) is 4.55. The number of nitrogens with zero attached hydrogens (tertiary/aromatic N) is 1. The van der Waals surface area contributed by atoms with E-state index in [-0.39, 0.29) is 11.8 Å². The van der Waals surface area contributed by atoms with Gasteiger partial charge in [-0.1, -0.05) is 20.3 Å². The maximum atomic E-state index is 12.7. The van der Waals surface area contributed by atoms with Crippen molar-refractivity contribution in [3.63, 3.8) is 0 Å². The monoisotopic (exact) mass is 252 g/mol. The summed E-state index contributed by atoms with van der Waals surface area (Å²) < 4.78 is 0. The van der Waals surface area contributed by atoms with E-state index in [1.807, 2.05) is 18.7 Å². The Hall–Kier alpha value is -1.06. The van der Waals surface area contributed by atoms with E-state index in [9.17, 15) is 9.59 Å². The molecule has 0 spiro atoms. The van der Waals surface area contributed by atoms with Gasteiger partial charge >= 0.3 is 0 Å². The van der Waals surface area contributed by atoms with Gasteiger partial charge in [-0.15, -0.1) is 0 Å². The van der Waals surface area contributed by atoms with Crippen molar-refractivity contribution in [3.8, 4) is 0 Å². The highest BCUT2D eigenvalue weighted by Gasteiger charge is 2.43. The van der Waals surface area contributed by atoms with Gasteiger partial charge in [-0.3, -0.25) is 9.59 Å². The van der Waals surface area contributed by atoms with Crippen molar-refractivity contribution < 1.29 is 9.59 Å². The Labute approximate surface area is 109 Å². The van der Waals surface area contributed by atoms with E-state index in [0.29, 0.717) is 31.3 Å². The van der Waals surface area contributed by atoms with Crippen LogP contribution in [0.25, 0.3) is 0 Å². The number of carbonyl (C=O) groups excluding carboxylic acids is 2. The molecule has 1 aliphatic heterocycles. The third kappa shape index (κ3) is 2.25. The van der Waals surface area contributed by atoms with Crippen LogP contribution in [0.2, 0.25) is 0 Å². The second-order valence-corrected chi connectivity index (χ2v) is 5.96. The molecule has 0 aromatic rings. The van der Waals surface area contributed by atoms with Crippen LogP contribution in [-0.4, -0.2) is 34.8 Å². The Morgan fingerprint density at radius 2 is 2.11 bits per heavy atom. The first-order valence-corrected chi connectivity index (χ1v) is 7.10. The summed E-state index contributed by atoms with van der Waals surface area (Å²) in [6.45, 7) is 6.61. The first-order chi connectivity index (χ1) is 8.48. The van der Waals surface area contributed by atoms with Crippen LogP contribution in [0, 0.1) is 5.92 Å². The van der Waals surface area contributed by atoms with Crippen LogP contribution < -0.4 is 5.32 Å². The van der Waals surface area contributed by atoms with E-state index >= 15 is 0 Å². The van der Waals surface area contributed by atoms with Gasteiger partial charge < -0.3 is 10.2 Å². The lowest BCUT2D eigenvalue weighted by Crippen LogP contribution is -2.57. The molecule has 2 amide bonds. The summed E-state index contributed by atoms with van der Waals surface area (Å²) in [5, 5.41) is 2.89. The molecule has 1 heterocycles. The van der Waals surface area contributed by atoms with Crippen LogP contribution in [0.15, 0.2) is 0 Å². The fourth-order valence-electron chi connectivity index (χ4n) is 3.21. The van der Waals surface area contributed by atoms with E-state index in [1.165, 1.54) is 12.8 Å². The third-order valence-electron chi connectivity index (χ3n) is 4.65. The van der Waals surface area contributed by atoms with Crippen molar-refractivity contribution in [1.82, 2.24) is 10.2 Å². The molecular weight excluding hydrogens is 228 g/mol. The first-order valence-electron chi connectivity index (χ1n) is 7.10. The summed E-state index contributed by atoms with van der Waals surface area (Å²) in [6, 6.07) is 0.330. The predicted octanol–water partition coefficient (Wildman–Crippen LogP) is 1.69. The van der Waals surface area contributed by atoms with E-state index in [4.69, 9.17) is 0 Å². The molecule has 18 heavy (non-hydrogen) atoms. The molecule has 3 unspecified atom stereocenters. The molecule has 4 heteroatoms. The van der Waals surface area contributed by atoms with Gasteiger partial charge in [-0.2, -0.15) is 0 Å². The normalized spacial score (nSPS) is 37.6. The molecule has 2 fully saturated rings. The number of carbonyl (C=O) groups is 2. The molecule has 1 saturated heterocycles. The maximum absolute atomic E-state index is 12.7. The number of hydrogen-bond donors (Lipinski definition) is 1. The van der Waals surface area contributed by atoms with E-state index < -0.39 is 5.54 Å². The SMILES string of the molecule is CCC1(C)NC(=O)CCN(C2CCCC2C)C1=O. The molecule has 2 aliphatic rings. The minimum absolute atomic E-state index is 0.000787. The highest BCUT2D eigenvalue weighted by atomic mass is 16.2. The van der Waals surface area contributed by atoms with Gasteiger partial charge in [0.25, 0.3) is 0 Å². The molecule has 0 bridgehead atoms. The van der Waals surface area contributed by atoms with E-state index in [1.54, 1.807) is 0 Å². The fourth-order valence-corrected chi connectivity index (χ4v) is 3.21. The molecule has 3 atom stereocenters. The molecule has 2 rings (SSSR count). The standard InChI is InChI=1S/C14H24N2O2/c1-4-14(3)13(18)16(9-8-12(17)15-14)11-7-5-6-10(11)2/h10-11H,4-9H2,1-3H3,(H,15,17). The molecule has 4 nitrogen and oxygen atoms in total. The van der Waals surface area contributed by atoms with Crippen molar-refractivity contribution in [3.05, 3.63) is 0 Å². The van der Waals surface area contributed by atoms with Gasteiger partial charge in [0.15, 0.2) is 0 Å². The molecule has 0 aromatic heterocycles. The molecular formula is C14H24N2O2. The zero-order valence-corrected chi connectivity index (χ0v) is 11.7. The van der Waals surface area contributed by atoms with Gasteiger partial charge in [0.05, 0.1) is 0 Å². The van der Waals surface area contributed by atoms with Gasteiger partial charge in [0, 0.05) is 19.0 Å². The average molecular weight is 252 g/mol. The van der Waals surface area contributed by atoms with Crippen LogP contribution in [0.5, 0.6) is 0 Å². The van der Waals surface area contributed by atoms with E-state index in [0.717, 1.165) is 6.42 Å². The lowest BCUT2D eigenvalue weighted by molar-refractivity contribution is -0.140. The second-order valence-electron chi connectivity index (χ2n) is 5.96. The molecule has 1 saturated carbocycles. The zero-order chi connectivity index (χ0) is 13.3. The first kappa shape index (κ1) is 13.4. The number of hydrogen-bond acceptors (Lipinski definition) is 2. The summed E-state index contributed by atoms with van der Waals surface area (Å²) in [7, 11) is 0. The Kier molecular flexibility index (Phi) is 3.64. The number of nitrogens with one attached hydrogen (secondary N) is 1. The van der Waals surface area contributed by atoms with Gasteiger partial charge in [-0.25, -0.2) is 0 Å². The maximum Gasteiger partial charge on any atom is 0.248 e. The highest BCUT2D eigenvalue weighted by Crippen LogP contribution is 2.32. The van der Waals surface area contributed by atoms with Crippen molar-refractivity contribution in [1.29, 1.82) is 0 Å². The minimum Gasteiger partial charge on any atom is -0.342 e. The molecule has 1 N–H and O–H groups in total. The van der Waals surface area contributed by atoms with Crippen molar-refractivity contribution in [2.45, 2.75) is 64.5 Å². The zero-order valence-electron chi connectivity index (χ0n) is 11.7. The third-order valence-corrected chi connectivity index (χ3v) is 4.65. The molecule has 0 aromatic carbocycles. The Morgan fingerprint density at radius 1 is 1.39 bits per heavy atom. The van der Waals surface area contributed by atoms with Crippen LogP contribution in [-0.2, 0) is 9.59 Å². The lowest BCUT2D eigenvalue weighted by atomic mass is 9.95. The topological polar surface area (TPSA) is 49.4 Å². The Bertz CT molecular complexity index is 356. The Balaban J connectivity index is 2.24. The smallest absolute Gasteiger partial charge is 0.248 e. The number of rotatable bonds is 2. The van der Waals surface area contributed by atoms with E-state index in [2.05, 4.69) is 12.2 Å². The summed E-state index contributed by atoms with van der Waals surface area (Å²) >= 11 is 0. The van der Waals surface area contributed by atoms with Crippen LogP contribution >= 0.6 is 0 Å². The highest BCUT2D eigenvalue weighted by molar-refractivity contribution is 5.93. The predicted molar refractivity (Wildman–Crippen MR) is 70.0 cm³/mol. The quantitative estimate of drug-likeness (QED) is 0.813. The summed E-state index contributed by atoms with van der Waals surface area (Å²) in [5.41, 5.74) is -0.712. The lowest BCUT2D eigenvalue weighted by Gasteiger charge is -2.36. The van der Waals surface area contributed by atoms with Crippen molar-refractivity contribution >= 4 is 11.8 Å². The van der Waals surface area contributed by atoms with Crippen LogP contribution in [0.4, 0.5) is 0 Å². The minimum atomic E-state index is -0.712. The van der Waals surface area contributed by atoms with Gasteiger partial charge in [0.2, 0.25) is 11.8 Å².